The Bertz CT molecular complexity index is 706. The van der Waals surface area contributed by atoms with Gasteiger partial charge in [-0.1, -0.05) is 39.8 Å². The van der Waals surface area contributed by atoms with Crippen molar-refractivity contribution in [1.82, 2.24) is 0 Å². The van der Waals surface area contributed by atoms with Crippen molar-refractivity contribution in [2.24, 2.45) is 11.8 Å². The topological polar surface area (TPSA) is 66.8 Å². The number of ether oxygens (including phenoxy) is 1. The molecule has 0 amide bonds. The lowest BCUT2D eigenvalue weighted by molar-refractivity contribution is -0.0993. The molecule has 0 saturated heterocycles. The summed E-state index contributed by atoms with van der Waals surface area (Å²) in [6.45, 7) is 12.2. The van der Waals surface area contributed by atoms with E-state index in [1.54, 1.807) is 6.07 Å². The molecule has 1 aromatic rings. The van der Waals surface area contributed by atoms with Gasteiger partial charge < -0.3 is 14.9 Å². The predicted octanol–water partition coefficient (Wildman–Crippen LogP) is 3.90. The number of aliphatic hydroxyl groups is 1. The van der Waals surface area contributed by atoms with Crippen LogP contribution in [0, 0.1) is 11.8 Å². The van der Waals surface area contributed by atoms with Crippen LogP contribution in [0.2, 0.25) is 0 Å². The molecule has 0 radical (unpaired) electrons. The normalized spacial score (nSPS) is 32.1. The molecule has 0 bridgehead atoms. The van der Waals surface area contributed by atoms with Crippen LogP contribution in [0.3, 0.4) is 0 Å². The Labute approximate surface area is 143 Å². The number of aromatic hydroxyl groups is 1. The van der Waals surface area contributed by atoms with Crippen molar-refractivity contribution in [3.05, 3.63) is 34.9 Å². The van der Waals surface area contributed by atoms with Gasteiger partial charge in [-0.3, -0.25) is 4.79 Å². The third kappa shape index (κ3) is 2.20. The first kappa shape index (κ1) is 17.0. The van der Waals surface area contributed by atoms with E-state index in [2.05, 4.69) is 13.5 Å². The highest BCUT2D eigenvalue weighted by molar-refractivity contribution is 5.82. The first-order valence-corrected chi connectivity index (χ1v) is 8.61. The van der Waals surface area contributed by atoms with Crippen molar-refractivity contribution in [2.75, 3.05) is 0 Å². The Hall–Kier alpha value is -1.81. The number of hydrogen-bond donors (Lipinski definition) is 2. The van der Waals surface area contributed by atoms with Gasteiger partial charge in [0.1, 0.15) is 0 Å². The summed E-state index contributed by atoms with van der Waals surface area (Å²) in [4.78, 5) is 11.8. The van der Waals surface area contributed by atoms with E-state index in [1.165, 1.54) is 0 Å². The second kappa shape index (κ2) is 5.62. The van der Waals surface area contributed by atoms with Crippen LogP contribution in [-0.4, -0.2) is 22.8 Å². The molecule has 0 aromatic heterocycles. The lowest BCUT2D eigenvalue weighted by Crippen LogP contribution is -2.51. The molecule has 1 saturated carbocycles. The molecule has 1 aromatic carbocycles. The molecule has 0 spiro atoms. The summed E-state index contributed by atoms with van der Waals surface area (Å²) in [6.07, 6.45) is 1.51. The fourth-order valence-electron chi connectivity index (χ4n) is 4.47. The summed E-state index contributed by atoms with van der Waals surface area (Å²) >= 11 is 0. The van der Waals surface area contributed by atoms with Crippen LogP contribution in [0.15, 0.2) is 18.2 Å². The molecule has 3 rings (SSSR count). The minimum absolute atomic E-state index is 0.0357. The van der Waals surface area contributed by atoms with E-state index in [1.807, 2.05) is 20.8 Å². The van der Waals surface area contributed by atoms with E-state index < -0.39 is 11.7 Å². The maximum atomic E-state index is 11.8. The van der Waals surface area contributed by atoms with Crippen LogP contribution in [0.1, 0.15) is 67.9 Å². The monoisotopic (exact) mass is 330 g/mol. The number of hydrogen-bond acceptors (Lipinski definition) is 4. The van der Waals surface area contributed by atoms with Gasteiger partial charge in [0.15, 0.2) is 17.8 Å². The first-order chi connectivity index (χ1) is 11.2. The summed E-state index contributed by atoms with van der Waals surface area (Å²) in [6, 6.07) is 1.76. The average molecular weight is 330 g/mol. The zero-order chi connectivity index (χ0) is 17.8. The Balaban J connectivity index is 2.29. The number of aliphatic hydroxyl groups excluding tert-OH is 1. The minimum atomic E-state index is -1.06. The van der Waals surface area contributed by atoms with Gasteiger partial charge in [-0.25, -0.2) is 0 Å². The van der Waals surface area contributed by atoms with Crippen LogP contribution in [0.25, 0.3) is 0 Å². The summed E-state index contributed by atoms with van der Waals surface area (Å²) in [5.74, 6) is 0.356. The molecule has 2 aliphatic rings. The summed E-state index contributed by atoms with van der Waals surface area (Å²) in [5, 5.41) is 21.3. The van der Waals surface area contributed by atoms with Gasteiger partial charge in [0.25, 0.3) is 0 Å². The third-order valence-electron chi connectivity index (χ3n) is 5.97. The van der Waals surface area contributed by atoms with Gasteiger partial charge in [-0.15, -0.1) is 0 Å². The average Bonchev–Trinajstić information content (AvgIpc) is 2.52. The van der Waals surface area contributed by atoms with E-state index in [-0.39, 0.29) is 23.3 Å². The van der Waals surface area contributed by atoms with Crippen molar-refractivity contribution in [3.8, 4) is 11.5 Å². The number of carbonyl (C=O) groups excluding carboxylic acids is 1. The lowest BCUT2D eigenvalue weighted by atomic mass is 9.57. The maximum absolute atomic E-state index is 11.8. The molecular formula is C20H26O4. The number of phenolic OH excluding ortho intramolecular Hbond substituents is 1. The van der Waals surface area contributed by atoms with Crippen LogP contribution >= 0.6 is 0 Å². The third-order valence-corrected chi connectivity index (χ3v) is 5.97. The largest absolute Gasteiger partial charge is 0.504 e. The van der Waals surface area contributed by atoms with E-state index in [4.69, 9.17) is 4.74 Å². The highest BCUT2D eigenvalue weighted by Crippen LogP contribution is 2.58. The number of phenols is 1. The van der Waals surface area contributed by atoms with E-state index in [0.29, 0.717) is 22.6 Å². The Kier molecular flexibility index (Phi) is 3.99. The van der Waals surface area contributed by atoms with Gasteiger partial charge >= 0.3 is 0 Å². The van der Waals surface area contributed by atoms with Crippen molar-refractivity contribution in [3.63, 3.8) is 0 Å². The van der Waals surface area contributed by atoms with Crippen LogP contribution in [0.5, 0.6) is 11.5 Å². The fourth-order valence-corrected chi connectivity index (χ4v) is 4.47. The second-order valence-electron chi connectivity index (χ2n) is 7.80. The van der Waals surface area contributed by atoms with E-state index in [0.717, 1.165) is 24.7 Å². The molecule has 2 N–H and O–H groups in total. The summed E-state index contributed by atoms with van der Waals surface area (Å²) in [7, 11) is 0. The zero-order valence-corrected chi connectivity index (χ0v) is 14.8. The number of carbonyl (C=O) groups is 1. The summed E-state index contributed by atoms with van der Waals surface area (Å²) < 4.78 is 5.74. The van der Waals surface area contributed by atoms with E-state index >= 15 is 0 Å². The van der Waals surface area contributed by atoms with Gasteiger partial charge in [-0.05, 0) is 30.7 Å². The smallest absolute Gasteiger partial charge is 0.205 e. The van der Waals surface area contributed by atoms with Crippen molar-refractivity contribution in [1.29, 1.82) is 0 Å². The number of aldehydes is 1. The molecule has 1 heterocycles. The maximum Gasteiger partial charge on any atom is 0.205 e. The number of fused-ring (bicyclic) bond motifs is 3. The molecule has 1 aliphatic heterocycles. The fraction of sp³-hybridized carbons (Fsp3) is 0.550. The highest BCUT2D eigenvalue weighted by Gasteiger charge is 2.53. The van der Waals surface area contributed by atoms with Gasteiger partial charge in [-0.2, -0.15) is 0 Å². The van der Waals surface area contributed by atoms with Gasteiger partial charge in [0, 0.05) is 22.1 Å². The van der Waals surface area contributed by atoms with Gasteiger partial charge in [0.05, 0.1) is 5.92 Å². The number of rotatable bonds is 2. The second-order valence-corrected chi connectivity index (χ2v) is 7.80. The molecule has 4 nitrogen and oxygen atoms in total. The predicted molar refractivity (Wildman–Crippen MR) is 92.6 cm³/mol. The summed E-state index contributed by atoms with van der Waals surface area (Å²) in [5.41, 5.74) is 2.38. The zero-order valence-electron chi connectivity index (χ0n) is 14.8. The number of benzene rings is 1. The Morgan fingerprint density at radius 3 is 2.71 bits per heavy atom. The SMILES string of the molecule is C=C1[C@@H]2[C@@H](O)Oc3c(O)c(C(C)C)cc(C=O)c3[C@@]2(C)CC[C@@H]1C. The van der Waals surface area contributed by atoms with Gasteiger partial charge in [0.2, 0.25) is 6.29 Å². The van der Waals surface area contributed by atoms with E-state index in [9.17, 15) is 15.0 Å². The molecule has 0 unspecified atom stereocenters. The van der Waals surface area contributed by atoms with Crippen molar-refractivity contribution >= 4 is 6.29 Å². The molecule has 1 fully saturated rings. The molecule has 1 aliphatic carbocycles. The standard InChI is InChI=1S/C20H26O4/c1-10(2)14-8-13(9-21)16-18(17(14)22)24-19(23)15-12(4)11(3)6-7-20(15,16)5/h8-11,15,19,22-23H,4,6-7H2,1-3,5H3/t11-,15+,19-,20-/m0/s1. The van der Waals surface area contributed by atoms with Crippen LogP contribution in [-0.2, 0) is 5.41 Å². The van der Waals surface area contributed by atoms with Crippen molar-refractivity contribution < 1.29 is 19.7 Å². The van der Waals surface area contributed by atoms with Crippen LogP contribution in [0.4, 0.5) is 0 Å². The first-order valence-electron chi connectivity index (χ1n) is 8.61. The Morgan fingerprint density at radius 1 is 1.46 bits per heavy atom. The minimum Gasteiger partial charge on any atom is -0.504 e. The molecule has 4 atom stereocenters. The molecule has 130 valence electrons. The molecule has 24 heavy (non-hydrogen) atoms. The highest BCUT2D eigenvalue weighted by atomic mass is 16.6. The van der Waals surface area contributed by atoms with Crippen molar-refractivity contribution in [2.45, 2.75) is 58.2 Å². The Morgan fingerprint density at radius 2 is 2.12 bits per heavy atom. The lowest BCUT2D eigenvalue weighted by Gasteiger charge is -2.51. The quantitative estimate of drug-likeness (QED) is 0.637. The van der Waals surface area contributed by atoms with Crippen LogP contribution < -0.4 is 4.74 Å². The molecular weight excluding hydrogens is 304 g/mol. The molecule has 4 heteroatoms.